The third kappa shape index (κ3) is 9.86. The molecule has 0 saturated heterocycles. The smallest absolute Gasteiger partial charge is 0.230 e. The van der Waals surface area contributed by atoms with Crippen LogP contribution in [0.1, 0.15) is 34.1 Å². The fourth-order valence-electron chi connectivity index (χ4n) is 0.888. The normalized spacial score (nSPS) is 13.8. The van der Waals surface area contributed by atoms with Gasteiger partial charge in [-0.15, -0.1) is 0 Å². The van der Waals surface area contributed by atoms with E-state index in [2.05, 4.69) is 5.32 Å². The first-order chi connectivity index (χ1) is 6.31. The van der Waals surface area contributed by atoms with Crippen molar-refractivity contribution < 1.29 is 4.79 Å². The van der Waals surface area contributed by atoms with Crippen LogP contribution in [0.5, 0.6) is 0 Å². The standard InChI is InChI=1S/C10H22N2OS/c1-8(11)5-6-14-7-9(13)12-10(2,3)4/h8H,5-7,11H2,1-4H3,(H,12,13). The molecular weight excluding hydrogens is 196 g/mol. The SMILES string of the molecule is CC(N)CCSCC(=O)NC(C)(C)C. The minimum Gasteiger partial charge on any atom is -0.351 e. The van der Waals surface area contributed by atoms with Gasteiger partial charge in [0, 0.05) is 11.6 Å². The molecule has 0 aromatic rings. The van der Waals surface area contributed by atoms with E-state index in [4.69, 9.17) is 5.73 Å². The van der Waals surface area contributed by atoms with Crippen molar-refractivity contribution in [3.63, 3.8) is 0 Å². The number of carbonyl (C=O) groups excluding carboxylic acids is 1. The minimum absolute atomic E-state index is 0.104. The lowest BCUT2D eigenvalue weighted by molar-refractivity contribution is -0.119. The zero-order valence-corrected chi connectivity index (χ0v) is 10.4. The van der Waals surface area contributed by atoms with Crippen molar-refractivity contribution in [2.24, 2.45) is 5.73 Å². The topological polar surface area (TPSA) is 55.1 Å². The highest BCUT2D eigenvalue weighted by Crippen LogP contribution is 2.05. The average Bonchev–Trinajstić information content (AvgIpc) is 1.94. The van der Waals surface area contributed by atoms with Gasteiger partial charge in [0.2, 0.25) is 5.91 Å². The summed E-state index contributed by atoms with van der Waals surface area (Å²) < 4.78 is 0. The van der Waals surface area contributed by atoms with Crippen LogP contribution < -0.4 is 11.1 Å². The molecule has 0 fully saturated rings. The van der Waals surface area contributed by atoms with Gasteiger partial charge in [0.1, 0.15) is 0 Å². The van der Waals surface area contributed by atoms with Crippen molar-refractivity contribution in [1.29, 1.82) is 0 Å². The van der Waals surface area contributed by atoms with Crippen LogP contribution in [0.4, 0.5) is 0 Å². The molecule has 0 spiro atoms. The summed E-state index contributed by atoms with van der Waals surface area (Å²) in [7, 11) is 0. The maximum absolute atomic E-state index is 11.3. The zero-order chi connectivity index (χ0) is 11.2. The molecular formula is C10H22N2OS. The highest BCUT2D eigenvalue weighted by Gasteiger charge is 2.12. The highest BCUT2D eigenvalue weighted by molar-refractivity contribution is 7.99. The number of nitrogens with two attached hydrogens (primary N) is 1. The number of amides is 1. The van der Waals surface area contributed by atoms with Crippen molar-refractivity contribution in [3.8, 4) is 0 Å². The van der Waals surface area contributed by atoms with Gasteiger partial charge in [-0.05, 0) is 39.9 Å². The van der Waals surface area contributed by atoms with E-state index in [9.17, 15) is 4.79 Å². The Morgan fingerprint density at radius 3 is 2.50 bits per heavy atom. The van der Waals surface area contributed by atoms with Gasteiger partial charge in [-0.1, -0.05) is 0 Å². The fraction of sp³-hybridized carbons (Fsp3) is 0.900. The Balaban J connectivity index is 3.46. The van der Waals surface area contributed by atoms with Crippen LogP contribution >= 0.6 is 11.8 Å². The van der Waals surface area contributed by atoms with E-state index in [1.807, 2.05) is 27.7 Å². The predicted molar refractivity (Wildman–Crippen MR) is 63.5 cm³/mol. The third-order valence-corrected chi connectivity index (χ3v) is 2.46. The molecule has 3 N–H and O–H groups in total. The third-order valence-electron chi connectivity index (χ3n) is 1.47. The summed E-state index contributed by atoms with van der Waals surface area (Å²) in [5.74, 6) is 1.59. The number of hydrogen-bond acceptors (Lipinski definition) is 3. The van der Waals surface area contributed by atoms with Crippen LogP contribution in [-0.4, -0.2) is 29.0 Å². The lowest BCUT2D eigenvalue weighted by Crippen LogP contribution is -2.41. The van der Waals surface area contributed by atoms with Gasteiger partial charge < -0.3 is 11.1 Å². The maximum Gasteiger partial charge on any atom is 0.230 e. The summed E-state index contributed by atoms with van der Waals surface area (Å²) in [6.45, 7) is 7.93. The Morgan fingerprint density at radius 2 is 2.07 bits per heavy atom. The summed E-state index contributed by atoms with van der Waals surface area (Å²) in [6, 6.07) is 0.230. The fourth-order valence-corrected chi connectivity index (χ4v) is 1.83. The first-order valence-corrected chi connectivity index (χ1v) is 6.11. The van der Waals surface area contributed by atoms with Gasteiger partial charge >= 0.3 is 0 Å². The van der Waals surface area contributed by atoms with Crippen LogP contribution in [0.15, 0.2) is 0 Å². The van der Waals surface area contributed by atoms with Crippen LogP contribution in [0.25, 0.3) is 0 Å². The first kappa shape index (κ1) is 13.8. The number of rotatable bonds is 5. The van der Waals surface area contributed by atoms with E-state index in [0.717, 1.165) is 12.2 Å². The summed E-state index contributed by atoms with van der Waals surface area (Å²) >= 11 is 1.64. The molecule has 0 heterocycles. The van der Waals surface area contributed by atoms with Gasteiger partial charge in [0.05, 0.1) is 5.75 Å². The van der Waals surface area contributed by atoms with Crippen LogP contribution in [0.2, 0.25) is 0 Å². The molecule has 0 rings (SSSR count). The van der Waals surface area contributed by atoms with E-state index in [0.29, 0.717) is 5.75 Å². The van der Waals surface area contributed by atoms with E-state index < -0.39 is 0 Å². The van der Waals surface area contributed by atoms with Crippen molar-refractivity contribution in [2.45, 2.75) is 45.7 Å². The van der Waals surface area contributed by atoms with Crippen molar-refractivity contribution in [1.82, 2.24) is 5.32 Å². The van der Waals surface area contributed by atoms with Crippen LogP contribution in [-0.2, 0) is 4.79 Å². The first-order valence-electron chi connectivity index (χ1n) is 4.95. The molecule has 1 atom stereocenters. The second-order valence-corrected chi connectivity index (χ2v) is 5.72. The van der Waals surface area contributed by atoms with Gasteiger partial charge in [0.15, 0.2) is 0 Å². The second-order valence-electron chi connectivity index (χ2n) is 4.62. The monoisotopic (exact) mass is 218 g/mol. The number of carbonyl (C=O) groups is 1. The molecule has 0 aliphatic rings. The summed E-state index contributed by atoms with van der Waals surface area (Å²) in [5, 5.41) is 2.92. The Morgan fingerprint density at radius 1 is 1.50 bits per heavy atom. The van der Waals surface area contributed by atoms with Gasteiger partial charge in [-0.2, -0.15) is 11.8 Å². The molecule has 0 aromatic heterocycles. The van der Waals surface area contributed by atoms with Crippen molar-refractivity contribution in [2.75, 3.05) is 11.5 Å². The molecule has 0 aliphatic carbocycles. The second kappa shape index (κ2) is 6.30. The van der Waals surface area contributed by atoms with Gasteiger partial charge in [-0.25, -0.2) is 0 Å². The quantitative estimate of drug-likeness (QED) is 0.685. The van der Waals surface area contributed by atoms with E-state index in [1.54, 1.807) is 11.8 Å². The molecule has 0 saturated carbocycles. The number of hydrogen-bond donors (Lipinski definition) is 2. The average molecular weight is 218 g/mol. The molecule has 0 aromatic carbocycles. The number of nitrogens with one attached hydrogen (secondary N) is 1. The molecule has 0 aliphatic heterocycles. The summed E-state index contributed by atoms with van der Waals surface area (Å²) in [6.07, 6.45) is 0.966. The predicted octanol–water partition coefficient (Wildman–Crippen LogP) is 1.37. The lowest BCUT2D eigenvalue weighted by atomic mass is 10.1. The molecule has 4 heteroatoms. The summed E-state index contributed by atoms with van der Waals surface area (Å²) in [4.78, 5) is 11.3. The van der Waals surface area contributed by atoms with Crippen molar-refractivity contribution in [3.05, 3.63) is 0 Å². The van der Waals surface area contributed by atoms with Gasteiger partial charge in [0.25, 0.3) is 0 Å². The van der Waals surface area contributed by atoms with Gasteiger partial charge in [-0.3, -0.25) is 4.79 Å². The van der Waals surface area contributed by atoms with E-state index >= 15 is 0 Å². The zero-order valence-electron chi connectivity index (χ0n) is 9.59. The molecule has 14 heavy (non-hydrogen) atoms. The minimum atomic E-state index is -0.126. The van der Waals surface area contributed by atoms with Crippen LogP contribution in [0.3, 0.4) is 0 Å². The molecule has 1 unspecified atom stereocenters. The Bertz CT molecular complexity index is 175. The van der Waals surface area contributed by atoms with E-state index in [1.165, 1.54) is 0 Å². The molecule has 0 radical (unpaired) electrons. The molecule has 1 amide bonds. The van der Waals surface area contributed by atoms with Crippen LogP contribution in [0, 0.1) is 0 Å². The highest BCUT2D eigenvalue weighted by atomic mass is 32.2. The lowest BCUT2D eigenvalue weighted by Gasteiger charge is -2.20. The molecule has 3 nitrogen and oxygen atoms in total. The largest absolute Gasteiger partial charge is 0.351 e. The van der Waals surface area contributed by atoms with E-state index in [-0.39, 0.29) is 17.5 Å². The Labute approximate surface area is 91.2 Å². The molecule has 84 valence electrons. The molecule has 0 bridgehead atoms. The van der Waals surface area contributed by atoms with Crippen molar-refractivity contribution >= 4 is 17.7 Å². The number of thioether (sulfide) groups is 1. The summed E-state index contributed by atoms with van der Waals surface area (Å²) in [5.41, 5.74) is 5.47. The maximum atomic E-state index is 11.3. The Hall–Kier alpha value is -0.220. The Kier molecular flexibility index (Phi) is 6.20.